The van der Waals surface area contributed by atoms with Gasteiger partial charge in [0, 0.05) is 12.1 Å². The molecule has 1 aromatic heterocycles. The molecule has 1 heterocycles. The topological polar surface area (TPSA) is 124 Å². The zero-order valence-corrected chi connectivity index (χ0v) is 16.5. The Kier molecular flexibility index (Phi) is 6.69. The van der Waals surface area contributed by atoms with Gasteiger partial charge in [-0.15, -0.1) is 10.2 Å². The van der Waals surface area contributed by atoms with Gasteiger partial charge < -0.3 is 15.9 Å². The Hall–Kier alpha value is -3.53. The fourth-order valence-electron chi connectivity index (χ4n) is 2.43. The first-order chi connectivity index (χ1) is 14.1. The van der Waals surface area contributed by atoms with Gasteiger partial charge in [-0.25, -0.2) is 9.47 Å². The van der Waals surface area contributed by atoms with Gasteiger partial charge in [0.1, 0.15) is 5.75 Å². The first-order valence-corrected chi connectivity index (χ1v) is 9.64. The summed E-state index contributed by atoms with van der Waals surface area (Å²) in [5, 5.41) is 13.3. The predicted molar refractivity (Wildman–Crippen MR) is 110 cm³/mol. The molecule has 0 saturated carbocycles. The number of amides is 3. The van der Waals surface area contributed by atoms with Crippen LogP contribution in [0.5, 0.6) is 5.75 Å². The van der Waals surface area contributed by atoms with Crippen LogP contribution >= 0.6 is 11.8 Å². The quantitative estimate of drug-likeness (QED) is 0.399. The van der Waals surface area contributed by atoms with Crippen LogP contribution in [-0.4, -0.2) is 39.7 Å². The number of nitrogens with two attached hydrogens (primary N) is 1. The predicted octanol–water partition coefficient (Wildman–Crippen LogP) is 1.79. The lowest BCUT2D eigenvalue weighted by Gasteiger charge is -2.07. The van der Waals surface area contributed by atoms with Crippen molar-refractivity contribution in [3.63, 3.8) is 0 Å². The van der Waals surface area contributed by atoms with E-state index in [9.17, 15) is 9.59 Å². The van der Waals surface area contributed by atoms with Gasteiger partial charge >= 0.3 is 6.03 Å². The van der Waals surface area contributed by atoms with Crippen molar-refractivity contribution in [2.45, 2.75) is 11.7 Å². The van der Waals surface area contributed by atoms with E-state index >= 15 is 0 Å². The van der Waals surface area contributed by atoms with Crippen LogP contribution in [-0.2, 0) is 11.3 Å². The average molecular weight is 412 g/mol. The summed E-state index contributed by atoms with van der Waals surface area (Å²) in [4.78, 5) is 23.8. The van der Waals surface area contributed by atoms with Gasteiger partial charge in [-0.05, 0) is 29.8 Å². The number of nitrogens with zero attached hydrogens (tertiary/aromatic N) is 3. The second-order valence-corrected chi connectivity index (χ2v) is 6.85. The van der Waals surface area contributed by atoms with Crippen molar-refractivity contribution in [3.05, 3.63) is 60.2 Å². The van der Waals surface area contributed by atoms with Crippen LogP contribution in [0.3, 0.4) is 0 Å². The minimum absolute atomic E-state index is 0.0310. The molecule has 0 atom stereocenters. The molecular formula is C19H20N6O3S. The fourth-order valence-corrected chi connectivity index (χ4v) is 3.08. The first kappa shape index (κ1) is 20.2. The zero-order valence-electron chi connectivity index (χ0n) is 15.7. The molecular weight excluding hydrogens is 392 g/mol. The van der Waals surface area contributed by atoms with Crippen molar-refractivity contribution in [2.75, 3.05) is 18.7 Å². The zero-order chi connectivity index (χ0) is 20.6. The normalized spacial score (nSPS) is 10.4. The van der Waals surface area contributed by atoms with Gasteiger partial charge in [-0.3, -0.25) is 10.1 Å². The fraction of sp³-hybridized carbons (Fsp3) is 0.158. The van der Waals surface area contributed by atoms with E-state index in [1.165, 1.54) is 4.68 Å². The summed E-state index contributed by atoms with van der Waals surface area (Å²) in [5.74, 6) is 6.71. The molecule has 0 aliphatic carbocycles. The number of benzene rings is 2. The highest BCUT2D eigenvalue weighted by Gasteiger charge is 2.15. The van der Waals surface area contributed by atoms with Gasteiger partial charge in [0.2, 0.25) is 11.1 Å². The number of thioether (sulfide) groups is 1. The van der Waals surface area contributed by atoms with Crippen molar-refractivity contribution >= 4 is 23.7 Å². The van der Waals surface area contributed by atoms with Crippen LogP contribution in [0.4, 0.5) is 4.79 Å². The lowest BCUT2D eigenvalue weighted by molar-refractivity contribution is -0.117. The Morgan fingerprint density at radius 1 is 1.10 bits per heavy atom. The highest BCUT2D eigenvalue weighted by molar-refractivity contribution is 7.99. The molecule has 0 bridgehead atoms. The van der Waals surface area contributed by atoms with E-state index in [-0.39, 0.29) is 5.75 Å². The Morgan fingerprint density at radius 3 is 2.52 bits per heavy atom. The van der Waals surface area contributed by atoms with Gasteiger partial charge in [0.05, 0.1) is 12.9 Å². The number of hydrogen-bond donors (Lipinski definition) is 3. The van der Waals surface area contributed by atoms with Gasteiger partial charge in [-0.2, -0.15) is 0 Å². The smallest absolute Gasteiger partial charge is 0.321 e. The maximum atomic E-state index is 12.0. The minimum Gasteiger partial charge on any atom is -0.497 e. The molecule has 3 aromatic rings. The highest BCUT2D eigenvalue weighted by atomic mass is 32.2. The molecule has 150 valence electrons. The molecule has 0 spiro atoms. The van der Waals surface area contributed by atoms with Crippen LogP contribution in [0.1, 0.15) is 5.56 Å². The molecule has 3 amide bonds. The van der Waals surface area contributed by atoms with E-state index in [0.717, 1.165) is 22.9 Å². The summed E-state index contributed by atoms with van der Waals surface area (Å²) in [7, 11) is 1.59. The van der Waals surface area contributed by atoms with Crippen LogP contribution in [0.25, 0.3) is 11.4 Å². The second-order valence-electron chi connectivity index (χ2n) is 5.91. The molecule has 0 unspecified atom stereocenters. The van der Waals surface area contributed by atoms with Crippen LogP contribution in [0, 0.1) is 0 Å². The van der Waals surface area contributed by atoms with E-state index in [2.05, 4.69) is 20.8 Å². The number of nitrogen functional groups attached to an aromatic ring is 1. The maximum Gasteiger partial charge on any atom is 0.321 e. The van der Waals surface area contributed by atoms with Crippen molar-refractivity contribution in [1.29, 1.82) is 0 Å². The van der Waals surface area contributed by atoms with Crippen LogP contribution in [0.15, 0.2) is 59.8 Å². The number of carbonyl (C=O) groups is 2. The Balaban J connectivity index is 1.50. The van der Waals surface area contributed by atoms with E-state index in [4.69, 9.17) is 10.6 Å². The summed E-state index contributed by atoms with van der Waals surface area (Å²) in [6.45, 7) is 0.329. The number of aromatic nitrogens is 3. The third-order valence-corrected chi connectivity index (χ3v) is 4.84. The highest BCUT2D eigenvalue weighted by Crippen LogP contribution is 2.23. The third-order valence-electron chi connectivity index (χ3n) is 3.89. The van der Waals surface area contributed by atoms with Gasteiger partial charge in [0.15, 0.2) is 5.82 Å². The average Bonchev–Trinajstić information content (AvgIpc) is 3.12. The number of ether oxygens (including phenoxy) is 1. The number of nitrogens with one attached hydrogen (secondary N) is 2. The maximum absolute atomic E-state index is 12.0. The standard InChI is InChI=1S/C19H20N6O3S/c1-28-15-9-7-14(8-10-15)17-23-24-19(25(17)20)29-12-16(26)22-18(27)21-11-13-5-3-2-4-6-13/h2-10H,11-12,20H2,1H3,(H2,21,22,26,27). The molecule has 29 heavy (non-hydrogen) atoms. The number of methoxy groups -OCH3 is 1. The van der Waals surface area contributed by atoms with Gasteiger partial charge in [0.25, 0.3) is 0 Å². The summed E-state index contributed by atoms with van der Waals surface area (Å²) in [6.07, 6.45) is 0. The number of carbonyl (C=O) groups excluding carboxylic acids is 2. The molecule has 2 aromatic carbocycles. The van der Waals surface area contributed by atoms with Crippen molar-refractivity contribution < 1.29 is 14.3 Å². The summed E-state index contributed by atoms with van der Waals surface area (Å²) in [5.41, 5.74) is 1.70. The number of rotatable bonds is 7. The molecule has 0 aliphatic heterocycles. The largest absolute Gasteiger partial charge is 0.497 e. The molecule has 9 nitrogen and oxygen atoms in total. The SMILES string of the molecule is COc1ccc(-c2nnc(SCC(=O)NC(=O)NCc3ccccc3)n2N)cc1. The molecule has 0 fully saturated rings. The van der Waals surface area contributed by atoms with Crippen molar-refractivity contribution in [3.8, 4) is 17.1 Å². The molecule has 10 heteroatoms. The van der Waals surface area contributed by atoms with Crippen molar-refractivity contribution in [1.82, 2.24) is 25.5 Å². The molecule has 4 N–H and O–H groups in total. The second kappa shape index (κ2) is 9.60. The number of urea groups is 1. The first-order valence-electron chi connectivity index (χ1n) is 8.66. The lowest BCUT2D eigenvalue weighted by atomic mass is 10.2. The third kappa shape index (κ3) is 5.48. The Morgan fingerprint density at radius 2 is 1.83 bits per heavy atom. The summed E-state index contributed by atoms with van der Waals surface area (Å²) < 4.78 is 6.43. The lowest BCUT2D eigenvalue weighted by Crippen LogP contribution is -2.40. The number of imide groups is 1. The minimum atomic E-state index is -0.562. The van der Waals surface area contributed by atoms with E-state index in [1.54, 1.807) is 19.2 Å². The van der Waals surface area contributed by atoms with E-state index in [0.29, 0.717) is 23.3 Å². The van der Waals surface area contributed by atoms with Gasteiger partial charge in [-0.1, -0.05) is 42.1 Å². The van der Waals surface area contributed by atoms with Crippen LogP contribution in [0.2, 0.25) is 0 Å². The molecule has 0 saturated heterocycles. The Labute approximate surface area is 171 Å². The van der Waals surface area contributed by atoms with Crippen molar-refractivity contribution in [2.24, 2.45) is 0 Å². The summed E-state index contributed by atoms with van der Waals surface area (Å²) in [6, 6.07) is 16.0. The van der Waals surface area contributed by atoms with Crippen LogP contribution < -0.4 is 21.2 Å². The molecule has 3 rings (SSSR count). The van der Waals surface area contributed by atoms with E-state index in [1.807, 2.05) is 42.5 Å². The molecule has 0 aliphatic rings. The molecule has 0 radical (unpaired) electrons. The Bertz CT molecular complexity index is 975. The van der Waals surface area contributed by atoms with E-state index < -0.39 is 11.9 Å². The summed E-state index contributed by atoms with van der Waals surface area (Å²) >= 11 is 1.08. The monoisotopic (exact) mass is 412 g/mol. The number of hydrogen-bond acceptors (Lipinski definition) is 7.